The maximum Gasteiger partial charge on any atom is 0.340 e. The molecule has 0 aliphatic heterocycles. The largest absolute Gasteiger partial charge is 0.497 e. The van der Waals surface area contributed by atoms with Crippen molar-refractivity contribution in [3.05, 3.63) is 70.7 Å². The van der Waals surface area contributed by atoms with Gasteiger partial charge in [0.2, 0.25) is 0 Å². The molecule has 7 heteroatoms. The Balaban J connectivity index is 1.82. The van der Waals surface area contributed by atoms with Crippen molar-refractivity contribution in [2.24, 2.45) is 0 Å². The SMILES string of the molecule is CCOC(=O)c1ccccc1N/C=C(/C#N)c1nc(-c2ccc(OC)cc2)cs1. The van der Waals surface area contributed by atoms with Crippen LogP contribution in [0.4, 0.5) is 5.69 Å². The molecule has 1 aromatic heterocycles. The average molecular weight is 405 g/mol. The second-order valence-electron chi connectivity index (χ2n) is 5.85. The van der Waals surface area contributed by atoms with Crippen LogP contribution >= 0.6 is 11.3 Å². The van der Waals surface area contributed by atoms with Gasteiger partial charge in [0.25, 0.3) is 0 Å². The number of methoxy groups -OCH3 is 1. The number of carbonyl (C=O) groups excluding carboxylic acids is 1. The number of rotatable bonds is 7. The summed E-state index contributed by atoms with van der Waals surface area (Å²) in [4.78, 5) is 16.7. The Hall–Kier alpha value is -3.63. The first-order valence-electron chi connectivity index (χ1n) is 8.89. The van der Waals surface area contributed by atoms with Crippen LogP contribution in [-0.2, 0) is 4.74 Å². The number of hydrogen-bond donors (Lipinski definition) is 1. The summed E-state index contributed by atoms with van der Waals surface area (Å²) in [5.41, 5.74) is 3.05. The number of nitriles is 1. The van der Waals surface area contributed by atoms with Crippen LogP contribution in [0, 0.1) is 11.3 Å². The number of benzene rings is 2. The topological polar surface area (TPSA) is 84.2 Å². The fourth-order valence-corrected chi connectivity index (χ4v) is 3.37. The number of para-hydroxylation sites is 1. The first-order chi connectivity index (χ1) is 14.2. The van der Waals surface area contributed by atoms with Crippen LogP contribution in [0.15, 0.2) is 60.1 Å². The number of carbonyl (C=O) groups is 1. The summed E-state index contributed by atoms with van der Waals surface area (Å²) in [5, 5.41) is 15.1. The van der Waals surface area contributed by atoms with Crippen LogP contribution in [0.5, 0.6) is 5.75 Å². The zero-order valence-electron chi connectivity index (χ0n) is 16.0. The first kappa shape index (κ1) is 20.1. The Morgan fingerprint density at radius 2 is 2.00 bits per heavy atom. The van der Waals surface area contributed by atoms with E-state index in [0.717, 1.165) is 17.0 Å². The van der Waals surface area contributed by atoms with Crippen molar-refractivity contribution in [3.63, 3.8) is 0 Å². The van der Waals surface area contributed by atoms with E-state index in [0.29, 0.717) is 28.4 Å². The Bertz CT molecular complexity index is 1070. The number of nitrogens with zero attached hydrogens (tertiary/aromatic N) is 2. The van der Waals surface area contributed by atoms with Gasteiger partial charge < -0.3 is 14.8 Å². The molecule has 1 heterocycles. The normalized spacial score (nSPS) is 10.9. The second kappa shape index (κ2) is 9.53. The average Bonchev–Trinajstić information content (AvgIpc) is 3.25. The number of allylic oxidation sites excluding steroid dienone is 1. The molecule has 0 amide bonds. The number of thiazole rings is 1. The third kappa shape index (κ3) is 4.81. The van der Waals surface area contributed by atoms with Gasteiger partial charge in [-0.25, -0.2) is 9.78 Å². The van der Waals surface area contributed by atoms with Gasteiger partial charge in [-0.3, -0.25) is 0 Å². The molecule has 0 aliphatic carbocycles. The lowest BCUT2D eigenvalue weighted by atomic mass is 10.1. The molecule has 3 rings (SSSR count). The lowest BCUT2D eigenvalue weighted by Gasteiger charge is -2.08. The van der Waals surface area contributed by atoms with Crippen LogP contribution in [0.2, 0.25) is 0 Å². The van der Waals surface area contributed by atoms with E-state index in [2.05, 4.69) is 16.4 Å². The number of anilines is 1. The monoisotopic (exact) mass is 405 g/mol. The molecule has 0 atom stereocenters. The van der Waals surface area contributed by atoms with Crippen molar-refractivity contribution in [3.8, 4) is 23.1 Å². The van der Waals surface area contributed by atoms with E-state index in [1.807, 2.05) is 29.6 Å². The van der Waals surface area contributed by atoms with Gasteiger partial charge in [0.1, 0.15) is 22.4 Å². The van der Waals surface area contributed by atoms with Crippen molar-refractivity contribution < 1.29 is 14.3 Å². The van der Waals surface area contributed by atoms with Crippen LogP contribution < -0.4 is 10.1 Å². The molecular weight excluding hydrogens is 386 g/mol. The van der Waals surface area contributed by atoms with Gasteiger partial charge in [-0.15, -0.1) is 11.3 Å². The van der Waals surface area contributed by atoms with Crippen molar-refractivity contribution in [1.82, 2.24) is 4.98 Å². The predicted molar refractivity (Wildman–Crippen MR) is 114 cm³/mol. The third-order valence-corrected chi connectivity index (χ3v) is 4.91. The van der Waals surface area contributed by atoms with Crippen LogP contribution in [0.1, 0.15) is 22.3 Å². The van der Waals surface area contributed by atoms with E-state index in [1.54, 1.807) is 44.5 Å². The molecule has 29 heavy (non-hydrogen) atoms. The minimum absolute atomic E-state index is 0.291. The summed E-state index contributed by atoms with van der Waals surface area (Å²) in [6.45, 7) is 2.05. The molecule has 0 bridgehead atoms. The highest BCUT2D eigenvalue weighted by atomic mass is 32.1. The van der Waals surface area contributed by atoms with E-state index >= 15 is 0 Å². The van der Waals surface area contributed by atoms with Crippen LogP contribution in [-0.4, -0.2) is 24.7 Å². The van der Waals surface area contributed by atoms with Gasteiger partial charge in [-0.1, -0.05) is 12.1 Å². The molecule has 146 valence electrons. The molecular formula is C22H19N3O3S. The third-order valence-electron chi connectivity index (χ3n) is 4.04. The van der Waals surface area contributed by atoms with Gasteiger partial charge in [-0.05, 0) is 43.3 Å². The summed E-state index contributed by atoms with van der Waals surface area (Å²) < 4.78 is 10.2. The Labute approximate surface area is 173 Å². The van der Waals surface area contributed by atoms with E-state index in [9.17, 15) is 10.1 Å². The lowest BCUT2D eigenvalue weighted by molar-refractivity contribution is 0.0527. The maximum absolute atomic E-state index is 12.1. The van der Waals surface area contributed by atoms with E-state index in [-0.39, 0.29) is 0 Å². The van der Waals surface area contributed by atoms with Gasteiger partial charge in [0.05, 0.1) is 30.7 Å². The number of hydrogen-bond acceptors (Lipinski definition) is 7. The molecule has 0 saturated heterocycles. The lowest BCUT2D eigenvalue weighted by Crippen LogP contribution is -2.07. The van der Waals surface area contributed by atoms with E-state index in [1.165, 1.54) is 11.3 Å². The number of ether oxygens (including phenoxy) is 2. The zero-order chi connectivity index (χ0) is 20.6. The minimum Gasteiger partial charge on any atom is -0.497 e. The fourth-order valence-electron chi connectivity index (χ4n) is 2.58. The van der Waals surface area contributed by atoms with E-state index < -0.39 is 5.97 Å². The Morgan fingerprint density at radius 1 is 1.24 bits per heavy atom. The predicted octanol–water partition coefficient (Wildman–Crippen LogP) is 4.97. The molecule has 0 aliphatic rings. The van der Waals surface area contributed by atoms with Crippen LogP contribution in [0.25, 0.3) is 16.8 Å². The van der Waals surface area contributed by atoms with Crippen molar-refractivity contribution in [2.75, 3.05) is 19.0 Å². The zero-order valence-corrected chi connectivity index (χ0v) is 16.8. The van der Waals surface area contributed by atoms with Crippen molar-refractivity contribution in [2.45, 2.75) is 6.92 Å². The van der Waals surface area contributed by atoms with Crippen molar-refractivity contribution in [1.29, 1.82) is 5.26 Å². The van der Waals surface area contributed by atoms with Gasteiger partial charge >= 0.3 is 5.97 Å². The van der Waals surface area contributed by atoms with Gasteiger partial charge in [0, 0.05) is 17.1 Å². The maximum atomic E-state index is 12.1. The molecule has 0 radical (unpaired) electrons. The molecule has 0 unspecified atom stereocenters. The summed E-state index contributed by atoms with van der Waals surface area (Å²) in [6.07, 6.45) is 1.55. The molecule has 0 fully saturated rings. The Morgan fingerprint density at radius 3 is 2.69 bits per heavy atom. The molecule has 0 spiro atoms. The van der Waals surface area contributed by atoms with Gasteiger partial charge in [-0.2, -0.15) is 5.26 Å². The highest BCUT2D eigenvalue weighted by Gasteiger charge is 2.13. The molecule has 2 aromatic carbocycles. The quantitative estimate of drug-likeness (QED) is 0.441. The van der Waals surface area contributed by atoms with E-state index in [4.69, 9.17) is 9.47 Å². The van der Waals surface area contributed by atoms with Crippen molar-refractivity contribution >= 4 is 28.6 Å². The highest BCUT2D eigenvalue weighted by molar-refractivity contribution is 7.11. The second-order valence-corrected chi connectivity index (χ2v) is 6.70. The highest BCUT2D eigenvalue weighted by Crippen LogP contribution is 2.27. The summed E-state index contributed by atoms with van der Waals surface area (Å²) in [7, 11) is 1.62. The van der Waals surface area contributed by atoms with Crippen LogP contribution in [0.3, 0.4) is 0 Å². The summed E-state index contributed by atoms with van der Waals surface area (Å²) in [6, 6.07) is 16.7. The molecule has 1 N–H and O–H groups in total. The standard InChI is InChI=1S/C22H19N3O3S/c1-3-28-22(26)18-6-4-5-7-19(18)24-13-16(12-23)21-25-20(14-29-21)15-8-10-17(27-2)11-9-15/h4-11,13-14,24H,3H2,1-2H3/b16-13-. The van der Waals surface area contributed by atoms with Gasteiger partial charge in [0.15, 0.2) is 0 Å². The number of aromatic nitrogens is 1. The Kier molecular flexibility index (Phi) is 6.61. The molecule has 6 nitrogen and oxygen atoms in total. The summed E-state index contributed by atoms with van der Waals surface area (Å²) >= 11 is 1.38. The molecule has 0 saturated carbocycles. The summed E-state index contributed by atoms with van der Waals surface area (Å²) in [5.74, 6) is 0.352. The smallest absolute Gasteiger partial charge is 0.340 e. The minimum atomic E-state index is -0.418. The first-order valence-corrected chi connectivity index (χ1v) is 9.77. The molecule has 3 aromatic rings. The number of nitrogens with one attached hydrogen (secondary N) is 1. The fraction of sp³-hybridized carbons (Fsp3) is 0.136. The number of esters is 1.